The van der Waals surface area contributed by atoms with E-state index in [9.17, 15) is 4.79 Å². The number of hydrogen-bond donors (Lipinski definition) is 0. The Balaban J connectivity index is 2.09. The summed E-state index contributed by atoms with van der Waals surface area (Å²) in [5.41, 5.74) is 1.34. The van der Waals surface area contributed by atoms with Crippen LogP contribution in [0, 0.1) is 0 Å². The molecular weight excluding hydrogens is 188 g/mol. The lowest BCUT2D eigenvalue weighted by Crippen LogP contribution is -2.10. The topological polar surface area (TPSA) is 26.3 Å². The van der Waals surface area contributed by atoms with Gasteiger partial charge in [-0.15, -0.1) is 0 Å². The van der Waals surface area contributed by atoms with Gasteiger partial charge in [-0.1, -0.05) is 30.3 Å². The summed E-state index contributed by atoms with van der Waals surface area (Å²) in [5, 5.41) is 0. The molecular formula is C13H18O2. The van der Waals surface area contributed by atoms with Gasteiger partial charge >= 0.3 is 0 Å². The van der Waals surface area contributed by atoms with E-state index in [0.717, 1.165) is 25.7 Å². The quantitative estimate of drug-likeness (QED) is 0.506. The molecule has 0 aliphatic carbocycles. The number of carbonyl (C=O) groups excluding carboxylic acids is 1. The summed E-state index contributed by atoms with van der Waals surface area (Å²) in [6, 6.07) is 10.4. The molecule has 1 unspecified atom stereocenters. The maximum Gasteiger partial charge on any atom is 0.122 e. The highest BCUT2D eigenvalue weighted by Gasteiger charge is 2.00. The number of carbonyl (C=O) groups is 1. The van der Waals surface area contributed by atoms with Gasteiger partial charge in [-0.3, -0.25) is 0 Å². The molecule has 0 aromatic heterocycles. The maximum atomic E-state index is 10.2. The molecule has 0 aliphatic heterocycles. The molecule has 0 amide bonds. The molecule has 2 heteroatoms. The second-order valence-electron chi connectivity index (χ2n) is 3.67. The zero-order valence-corrected chi connectivity index (χ0v) is 9.19. The first-order valence-electron chi connectivity index (χ1n) is 5.42. The standard InChI is InChI=1S/C13H18O2/c1-12(9-10-14)15-11-5-8-13-6-3-2-4-7-13/h2-4,6-7,10,12H,5,8-9,11H2,1H3. The molecule has 0 aliphatic rings. The monoisotopic (exact) mass is 206 g/mol. The molecule has 1 aromatic rings. The SMILES string of the molecule is CC(CC=O)OCCCc1ccccc1. The molecule has 0 radical (unpaired) electrons. The minimum Gasteiger partial charge on any atom is -0.378 e. The van der Waals surface area contributed by atoms with Gasteiger partial charge < -0.3 is 9.53 Å². The van der Waals surface area contributed by atoms with Crippen molar-refractivity contribution in [2.75, 3.05) is 6.61 Å². The van der Waals surface area contributed by atoms with Crippen molar-refractivity contribution >= 4 is 6.29 Å². The Morgan fingerprint density at radius 1 is 1.33 bits per heavy atom. The van der Waals surface area contributed by atoms with Crippen LogP contribution < -0.4 is 0 Å². The highest BCUT2D eigenvalue weighted by Crippen LogP contribution is 2.03. The molecule has 0 bridgehead atoms. The first-order chi connectivity index (χ1) is 7.33. The number of aryl methyl sites for hydroxylation is 1. The first-order valence-corrected chi connectivity index (χ1v) is 5.42. The molecule has 1 atom stereocenters. The molecule has 1 rings (SSSR count). The van der Waals surface area contributed by atoms with Crippen LogP contribution in [0.4, 0.5) is 0 Å². The second-order valence-corrected chi connectivity index (χ2v) is 3.67. The van der Waals surface area contributed by atoms with Crippen molar-refractivity contribution in [3.8, 4) is 0 Å². The summed E-state index contributed by atoms with van der Waals surface area (Å²) >= 11 is 0. The van der Waals surface area contributed by atoms with E-state index in [1.165, 1.54) is 5.56 Å². The Hall–Kier alpha value is -1.15. The van der Waals surface area contributed by atoms with Crippen molar-refractivity contribution in [2.45, 2.75) is 32.3 Å². The van der Waals surface area contributed by atoms with Gasteiger partial charge in [-0.25, -0.2) is 0 Å². The first kappa shape index (κ1) is 11.9. The van der Waals surface area contributed by atoms with Crippen LogP contribution in [0.15, 0.2) is 30.3 Å². The largest absolute Gasteiger partial charge is 0.378 e. The summed E-state index contributed by atoms with van der Waals surface area (Å²) in [7, 11) is 0. The third-order valence-electron chi connectivity index (χ3n) is 2.28. The van der Waals surface area contributed by atoms with Crippen molar-refractivity contribution in [1.29, 1.82) is 0 Å². The zero-order valence-electron chi connectivity index (χ0n) is 9.19. The molecule has 2 nitrogen and oxygen atoms in total. The Morgan fingerprint density at radius 3 is 2.73 bits per heavy atom. The Labute approximate surface area is 91.3 Å². The fourth-order valence-corrected chi connectivity index (χ4v) is 1.41. The molecule has 0 heterocycles. The number of aldehydes is 1. The van der Waals surface area contributed by atoms with Crippen LogP contribution in [-0.2, 0) is 16.0 Å². The number of rotatable bonds is 7. The minimum atomic E-state index is 0.0540. The molecule has 0 saturated heterocycles. The number of benzene rings is 1. The van der Waals surface area contributed by atoms with Crippen molar-refractivity contribution in [3.05, 3.63) is 35.9 Å². The van der Waals surface area contributed by atoms with E-state index in [4.69, 9.17) is 4.74 Å². The van der Waals surface area contributed by atoms with E-state index in [0.29, 0.717) is 6.42 Å². The van der Waals surface area contributed by atoms with Crippen molar-refractivity contribution in [3.63, 3.8) is 0 Å². The Morgan fingerprint density at radius 2 is 2.07 bits per heavy atom. The predicted molar refractivity (Wildman–Crippen MR) is 60.9 cm³/mol. The number of ether oxygens (including phenoxy) is 1. The molecule has 82 valence electrons. The van der Waals surface area contributed by atoms with Gasteiger partial charge in [-0.05, 0) is 25.3 Å². The fourth-order valence-electron chi connectivity index (χ4n) is 1.41. The smallest absolute Gasteiger partial charge is 0.122 e. The van der Waals surface area contributed by atoms with E-state index >= 15 is 0 Å². The van der Waals surface area contributed by atoms with Gasteiger partial charge in [0, 0.05) is 13.0 Å². The normalized spacial score (nSPS) is 12.3. The lowest BCUT2D eigenvalue weighted by Gasteiger charge is -2.09. The molecule has 1 aromatic carbocycles. The fraction of sp³-hybridized carbons (Fsp3) is 0.462. The predicted octanol–water partition coefficient (Wildman–Crippen LogP) is 2.61. The average Bonchev–Trinajstić information content (AvgIpc) is 2.26. The molecule has 0 saturated carbocycles. The maximum absolute atomic E-state index is 10.2. The van der Waals surface area contributed by atoms with Crippen LogP contribution >= 0.6 is 0 Å². The summed E-state index contributed by atoms with van der Waals surface area (Å²) in [6.07, 6.45) is 3.49. The summed E-state index contributed by atoms with van der Waals surface area (Å²) in [4.78, 5) is 10.2. The summed E-state index contributed by atoms with van der Waals surface area (Å²) in [5.74, 6) is 0. The van der Waals surface area contributed by atoms with Crippen molar-refractivity contribution < 1.29 is 9.53 Å². The highest BCUT2D eigenvalue weighted by atomic mass is 16.5. The third-order valence-corrected chi connectivity index (χ3v) is 2.28. The molecule has 0 N–H and O–H groups in total. The van der Waals surface area contributed by atoms with Gasteiger partial charge in [0.05, 0.1) is 6.10 Å². The van der Waals surface area contributed by atoms with Gasteiger partial charge in [0.25, 0.3) is 0 Å². The van der Waals surface area contributed by atoms with Crippen LogP contribution in [0.2, 0.25) is 0 Å². The van der Waals surface area contributed by atoms with Gasteiger partial charge in [0.15, 0.2) is 0 Å². The molecule has 0 fully saturated rings. The lowest BCUT2D eigenvalue weighted by molar-refractivity contribution is -0.110. The van der Waals surface area contributed by atoms with E-state index in [1.54, 1.807) is 0 Å². The summed E-state index contributed by atoms with van der Waals surface area (Å²) < 4.78 is 5.47. The van der Waals surface area contributed by atoms with Crippen molar-refractivity contribution in [1.82, 2.24) is 0 Å². The van der Waals surface area contributed by atoms with Gasteiger partial charge in [0.1, 0.15) is 6.29 Å². The van der Waals surface area contributed by atoms with Crippen LogP contribution in [0.25, 0.3) is 0 Å². The van der Waals surface area contributed by atoms with Crippen molar-refractivity contribution in [2.24, 2.45) is 0 Å². The Bertz CT molecular complexity index is 269. The van der Waals surface area contributed by atoms with Gasteiger partial charge in [0.2, 0.25) is 0 Å². The van der Waals surface area contributed by atoms with E-state index in [1.807, 2.05) is 25.1 Å². The molecule has 0 spiro atoms. The number of hydrogen-bond acceptors (Lipinski definition) is 2. The van der Waals surface area contributed by atoms with E-state index in [-0.39, 0.29) is 6.10 Å². The minimum absolute atomic E-state index is 0.0540. The lowest BCUT2D eigenvalue weighted by atomic mass is 10.1. The molecule has 15 heavy (non-hydrogen) atoms. The van der Waals surface area contributed by atoms with Gasteiger partial charge in [-0.2, -0.15) is 0 Å². The average molecular weight is 206 g/mol. The van der Waals surface area contributed by atoms with Crippen LogP contribution in [-0.4, -0.2) is 19.0 Å². The highest BCUT2D eigenvalue weighted by molar-refractivity contribution is 5.49. The second kappa shape index (κ2) is 7.18. The van der Waals surface area contributed by atoms with Crippen LogP contribution in [0.5, 0.6) is 0 Å². The van der Waals surface area contributed by atoms with E-state index < -0.39 is 0 Å². The van der Waals surface area contributed by atoms with Crippen LogP contribution in [0.1, 0.15) is 25.3 Å². The van der Waals surface area contributed by atoms with Crippen LogP contribution in [0.3, 0.4) is 0 Å². The van der Waals surface area contributed by atoms with E-state index in [2.05, 4.69) is 12.1 Å². The third kappa shape index (κ3) is 5.33. The summed E-state index contributed by atoms with van der Waals surface area (Å²) in [6.45, 7) is 2.65. The zero-order chi connectivity index (χ0) is 10.9. The Kier molecular flexibility index (Phi) is 5.71.